The second-order valence-corrected chi connectivity index (χ2v) is 7.82. The lowest BCUT2D eigenvalue weighted by molar-refractivity contribution is -0.0964. The van der Waals surface area contributed by atoms with Gasteiger partial charge in [-0.1, -0.05) is 0 Å². The Bertz CT molecular complexity index is 482. The van der Waals surface area contributed by atoms with Crippen molar-refractivity contribution < 1.29 is 23.5 Å². The van der Waals surface area contributed by atoms with Crippen LogP contribution in [0.25, 0.3) is 0 Å². The van der Waals surface area contributed by atoms with Crippen molar-refractivity contribution >= 4 is 25.9 Å². The van der Waals surface area contributed by atoms with Crippen LogP contribution < -0.4 is 5.73 Å². The highest BCUT2D eigenvalue weighted by Crippen LogP contribution is 2.35. The van der Waals surface area contributed by atoms with Crippen molar-refractivity contribution in [1.82, 2.24) is 4.90 Å². The van der Waals surface area contributed by atoms with Crippen LogP contribution in [0.5, 0.6) is 0 Å². The molecule has 0 aromatic heterocycles. The minimum atomic E-state index is -2.19. The van der Waals surface area contributed by atoms with Crippen LogP contribution in [0.15, 0.2) is 17.3 Å². The second kappa shape index (κ2) is 7.25. The largest absolute Gasteiger partial charge is 0.698 e. The maximum Gasteiger partial charge on any atom is 0.698 e. The highest BCUT2D eigenvalue weighted by molar-refractivity contribution is 8.00. The van der Waals surface area contributed by atoms with Gasteiger partial charge in [-0.2, -0.15) is 0 Å². The van der Waals surface area contributed by atoms with Crippen molar-refractivity contribution in [2.24, 2.45) is 10.7 Å². The molecule has 0 aromatic carbocycles. The fourth-order valence-electron chi connectivity index (χ4n) is 1.79. The molecule has 10 heteroatoms. The molecule has 2 rings (SSSR count). The normalized spacial score (nSPS) is 29.6. The SMILES string of the molecule is CC(C)(C)O[P+](=O)OC[C@H]1O[C@@H](N2C=CC(N)=NC2O)CS1. The number of aliphatic hydroxyl groups is 1. The van der Waals surface area contributed by atoms with Gasteiger partial charge in [0.15, 0.2) is 0 Å². The van der Waals surface area contributed by atoms with E-state index < -0.39 is 20.2 Å². The summed E-state index contributed by atoms with van der Waals surface area (Å²) >= 11 is 1.51. The Morgan fingerprint density at radius 1 is 1.64 bits per heavy atom. The Hall–Kier alpha value is -0.700. The van der Waals surface area contributed by atoms with Gasteiger partial charge in [0, 0.05) is 16.5 Å². The van der Waals surface area contributed by atoms with Crippen molar-refractivity contribution in [2.75, 3.05) is 12.4 Å². The average Bonchev–Trinajstić information content (AvgIpc) is 2.83. The molecule has 8 nitrogen and oxygen atoms in total. The van der Waals surface area contributed by atoms with Crippen molar-refractivity contribution in [1.29, 1.82) is 0 Å². The van der Waals surface area contributed by atoms with Crippen LogP contribution in [-0.4, -0.2) is 51.8 Å². The average molecular weight is 350 g/mol. The van der Waals surface area contributed by atoms with Crippen LogP contribution in [0.2, 0.25) is 0 Å². The van der Waals surface area contributed by atoms with E-state index in [1.165, 1.54) is 11.8 Å². The predicted octanol–water partition coefficient (Wildman–Crippen LogP) is 1.35. The van der Waals surface area contributed by atoms with Gasteiger partial charge in [-0.15, -0.1) is 20.8 Å². The van der Waals surface area contributed by atoms with Crippen molar-refractivity contribution in [3.63, 3.8) is 0 Å². The number of amidine groups is 1. The lowest BCUT2D eigenvalue weighted by Crippen LogP contribution is -2.43. The number of aliphatic imine (C=N–C) groups is 1. The third kappa shape index (κ3) is 5.19. The molecular formula is C12H21N3O5PS+. The number of rotatable bonds is 5. The molecule has 0 aliphatic carbocycles. The van der Waals surface area contributed by atoms with Crippen LogP contribution in [-0.2, 0) is 18.3 Å². The minimum absolute atomic E-state index is 0.144. The van der Waals surface area contributed by atoms with Gasteiger partial charge in [-0.25, -0.2) is 4.99 Å². The van der Waals surface area contributed by atoms with Crippen LogP contribution in [0.4, 0.5) is 0 Å². The molecule has 2 aliphatic rings. The van der Waals surface area contributed by atoms with Crippen molar-refractivity contribution in [3.8, 4) is 0 Å². The number of nitrogens with zero attached hydrogens (tertiary/aromatic N) is 2. The van der Waals surface area contributed by atoms with Gasteiger partial charge in [0.05, 0.1) is 0 Å². The molecule has 22 heavy (non-hydrogen) atoms. The molecule has 0 spiro atoms. The van der Waals surface area contributed by atoms with E-state index >= 15 is 0 Å². The Morgan fingerprint density at radius 3 is 3.00 bits per heavy atom. The standard InChI is InChI=1S/C12H21N3O5PS/c1-12(2,3)20-21(17)18-6-10-19-9(7-22-10)15-5-4-8(13)14-11(15)16/h4-5,9-11,16H,6-7H2,1-3H3,(H2,13,14)/q+1/t9-,10+,11?/m1/s1. The Morgan fingerprint density at radius 2 is 2.36 bits per heavy atom. The number of ether oxygens (including phenoxy) is 1. The summed E-state index contributed by atoms with van der Waals surface area (Å²) in [7, 11) is -2.19. The predicted molar refractivity (Wildman–Crippen MR) is 84.1 cm³/mol. The van der Waals surface area contributed by atoms with E-state index in [1.54, 1.807) is 37.9 Å². The maximum absolute atomic E-state index is 11.6. The molecule has 3 N–H and O–H groups in total. The molecule has 0 amide bonds. The molecule has 124 valence electrons. The Balaban J connectivity index is 1.77. The quantitative estimate of drug-likeness (QED) is 0.716. The summed E-state index contributed by atoms with van der Waals surface area (Å²) in [6, 6.07) is 0. The van der Waals surface area contributed by atoms with Crippen LogP contribution >= 0.6 is 20.0 Å². The fourth-order valence-corrected chi connectivity index (χ4v) is 3.64. The lowest BCUT2D eigenvalue weighted by Gasteiger charge is -2.30. The molecule has 1 saturated heterocycles. The molecule has 2 aliphatic heterocycles. The number of hydrogen-bond acceptors (Lipinski definition) is 9. The molecule has 0 radical (unpaired) electrons. The summed E-state index contributed by atoms with van der Waals surface area (Å²) < 4.78 is 27.8. The van der Waals surface area contributed by atoms with Gasteiger partial charge in [0.2, 0.25) is 6.35 Å². The molecular weight excluding hydrogens is 329 g/mol. The topological polar surface area (TPSA) is 107 Å². The number of thioether (sulfide) groups is 1. The number of aliphatic hydroxyl groups excluding tert-OH is 1. The van der Waals surface area contributed by atoms with E-state index in [1.807, 2.05) is 0 Å². The first-order valence-corrected chi connectivity index (χ1v) is 8.92. The fraction of sp³-hybridized carbons (Fsp3) is 0.750. The van der Waals surface area contributed by atoms with E-state index in [0.717, 1.165) is 0 Å². The zero-order chi connectivity index (χ0) is 16.3. The number of hydrogen-bond donors (Lipinski definition) is 2. The Labute approximate surface area is 134 Å². The molecule has 4 atom stereocenters. The van der Waals surface area contributed by atoms with Crippen molar-refractivity contribution in [3.05, 3.63) is 12.3 Å². The lowest BCUT2D eigenvalue weighted by atomic mass is 10.2. The van der Waals surface area contributed by atoms with E-state index in [2.05, 4.69) is 4.99 Å². The maximum atomic E-state index is 11.6. The van der Waals surface area contributed by atoms with Crippen LogP contribution in [0.3, 0.4) is 0 Å². The third-order valence-corrected chi connectivity index (χ3v) is 4.83. The third-order valence-electron chi connectivity index (χ3n) is 2.68. The van der Waals surface area contributed by atoms with Gasteiger partial charge in [-0.05, 0) is 26.8 Å². The zero-order valence-electron chi connectivity index (χ0n) is 12.7. The Kier molecular flexibility index (Phi) is 5.81. The van der Waals surface area contributed by atoms with E-state index in [-0.39, 0.29) is 24.1 Å². The molecule has 0 bridgehead atoms. The smallest absolute Gasteiger partial charge is 0.384 e. The van der Waals surface area contributed by atoms with Gasteiger partial charge in [-0.3, -0.25) is 0 Å². The zero-order valence-corrected chi connectivity index (χ0v) is 14.4. The van der Waals surface area contributed by atoms with Gasteiger partial charge >= 0.3 is 8.25 Å². The molecule has 1 fully saturated rings. The summed E-state index contributed by atoms with van der Waals surface area (Å²) in [6.07, 6.45) is 1.84. The van der Waals surface area contributed by atoms with E-state index in [9.17, 15) is 9.67 Å². The molecule has 0 saturated carbocycles. The highest BCUT2D eigenvalue weighted by Gasteiger charge is 2.36. The van der Waals surface area contributed by atoms with Crippen molar-refractivity contribution in [2.45, 2.75) is 44.4 Å². The second-order valence-electron chi connectivity index (χ2n) is 5.74. The summed E-state index contributed by atoms with van der Waals surface area (Å²) in [5.74, 6) is 0.896. The van der Waals surface area contributed by atoms with Gasteiger partial charge < -0.3 is 20.5 Å². The minimum Gasteiger partial charge on any atom is -0.384 e. The first-order valence-electron chi connectivity index (χ1n) is 6.78. The van der Waals surface area contributed by atoms with Gasteiger partial charge in [0.1, 0.15) is 29.7 Å². The first kappa shape index (κ1) is 17.7. The summed E-state index contributed by atoms with van der Waals surface area (Å²) in [5.41, 5.74) is 4.70. The molecule has 0 aromatic rings. The van der Waals surface area contributed by atoms with E-state index in [0.29, 0.717) is 5.75 Å². The summed E-state index contributed by atoms with van der Waals surface area (Å²) in [6.45, 7) is 5.55. The monoisotopic (exact) mass is 350 g/mol. The van der Waals surface area contributed by atoms with Gasteiger partial charge in [0.25, 0.3) is 0 Å². The highest BCUT2D eigenvalue weighted by atomic mass is 32.2. The molecule has 2 heterocycles. The van der Waals surface area contributed by atoms with E-state index in [4.69, 9.17) is 19.5 Å². The summed E-state index contributed by atoms with van der Waals surface area (Å²) in [5, 5.41) is 9.85. The number of nitrogens with two attached hydrogens (primary N) is 1. The van der Waals surface area contributed by atoms with Crippen LogP contribution in [0, 0.1) is 0 Å². The molecule has 2 unspecified atom stereocenters. The van der Waals surface area contributed by atoms with Crippen LogP contribution in [0.1, 0.15) is 20.8 Å². The first-order chi connectivity index (χ1) is 10.2. The summed E-state index contributed by atoms with van der Waals surface area (Å²) in [4.78, 5) is 5.41.